The van der Waals surface area contributed by atoms with Crippen molar-refractivity contribution in [1.29, 1.82) is 0 Å². The summed E-state index contributed by atoms with van der Waals surface area (Å²) >= 11 is 0. The fourth-order valence-electron chi connectivity index (χ4n) is 3.49. The largest absolute Gasteiger partial charge is 0.310 e. The highest BCUT2D eigenvalue weighted by atomic mass is 16.2. The molecule has 1 saturated carbocycles. The number of amides is 2. The molecule has 3 unspecified atom stereocenters. The molecule has 1 aliphatic heterocycles. The van der Waals surface area contributed by atoms with Crippen LogP contribution in [0.1, 0.15) is 44.7 Å². The monoisotopic (exact) mass is 286 g/mol. The summed E-state index contributed by atoms with van der Waals surface area (Å²) in [5.74, 6) is 0.0728. The molecule has 112 valence electrons. The molecule has 4 heteroatoms. The van der Waals surface area contributed by atoms with Crippen LogP contribution in [-0.4, -0.2) is 18.4 Å². The number of benzene rings is 1. The van der Waals surface area contributed by atoms with Gasteiger partial charge in [-0.2, -0.15) is 0 Å². The smallest absolute Gasteiger partial charge is 0.236 e. The van der Waals surface area contributed by atoms with Crippen molar-refractivity contribution in [2.75, 3.05) is 11.4 Å². The van der Waals surface area contributed by atoms with Gasteiger partial charge in [0.1, 0.15) is 0 Å². The van der Waals surface area contributed by atoms with E-state index in [0.717, 1.165) is 25.8 Å². The quantitative estimate of drug-likeness (QED) is 0.866. The van der Waals surface area contributed by atoms with E-state index in [2.05, 4.69) is 19.2 Å². The van der Waals surface area contributed by atoms with Crippen LogP contribution in [0.4, 0.5) is 5.69 Å². The summed E-state index contributed by atoms with van der Waals surface area (Å²) in [4.78, 5) is 26.2. The molecule has 1 aliphatic carbocycles. The van der Waals surface area contributed by atoms with Crippen LogP contribution < -0.4 is 10.2 Å². The maximum absolute atomic E-state index is 12.4. The first-order valence-corrected chi connectivity index (χ1v) is 7.83. The third-order valence-electron chi connectivity index (χ3n) is 4.73. The standard InChI is InChI=1S/C17H22N2O2/c1-3-18-11(2)12-6-8-15(9-7-12)19-16(20)13-4-5-14(10-13)17(19)21/h6-9,11,13-14,18H,3-5,10H2,1-2H3. The van der Waals surface area contributed by atoms with Crippen LogP contribution >= 0.6 is 0 Å². The Morgan fingerprint density at radius 3 is 2.24 bits per heavy atom. The Hall–Kier alpha value is -1.68. The Labute approximate surface area is 125 Å². The van der Waals surface area contributed by atoms with Gasteiger partial charge in [0.2, 0.25) is 11.8 Å². The highest BCUT2D eigenvalue weighted by Gasteiger charge is 2.45. The molecule has 3 rings (SSSR count). The third kappa shape index (κ3) is 2.48. The number of rotatable bonds is 4. The first-order valence-electron chi connectivity index (χ1n) is 7.83. The molecule has 1 heterocycles. The molecule has 0 radical (unpaired) electrons. The van der Waals surface area contributed by atoms with Gasteiger partial charge in [0.05, 0.1) is 5.69 Å². The SMILES string of the molecule is CCNC(C)c1ccc(N2C(=O)C3CCC(C3)C2=O)cc1. The van der Waals surface area contributed by atoms with E-state index >= 15 is 0 Å². The van der Waals surface area contributed by atoms with E-state index in [9.17, 15) is 9.59 Å². The zero-order valence-corrected chi connectivity index (χ0v) is 12.6. The lowest BCUT2D eigenvalue weighted by Gasteiger charge is -2.29. The summed E-state index contributed by atoms with van der Waals surface area (Å²) in [5, 5.41) is 3.35. The number of hydrogen-bond donors (Lipinski definition) is 1. The first kappa shape index (κ1) is 14.3. The van der Waals surface area contributed by atoms with Gasteiger partial charge in [-0.05, 0) is 50.4 Å². The van der Waals surface area contributed by atoms with E-state index in [1.807, 2.05) is 24.3 Å². The minimum Gasteiger partial charge on any atom is -0.310 e. The molecular formula is C17H22N2O2. The van der Waals surface area contributed by atoms with Gasteiger partial charge in [0.15, 0.2) is 0 Å². The molecule has 21 heavy (non-hydrogen) atoms. The number of carbonyl (C=O) groups is 2. The Balaban J connectivity index is 1.83. The summed E-state index contributed by atoms with van der Waals surface area (Å²) in [7, 11) is 0. The summed E-state index contributed by atoms with van der Waals surface area (Å²) in [5.41, 5.74) is 1.88. The number of fused-ring (bicyclic) bond motifs is 2. The van der Waals surface area contributed by atoms with Crippen LogP contribution in [0.3, 0.4) is 0 Å². The molecule has 1 aromatic carbocycles. The van der Waals surface area contributed by atoms with Gasteiger partial charge in [-0.3, -0.25) is 14.5 Å². The lowest BCUT2D eigenvalue weighted by Crippen LogP contribution is -2.46. The van der Waals surface area contributed by atoms with Gasteiger partial charge >= 0.3 is 0 Å². The van der Waals surface area contributed by atoms with Crippen molar-refractivity contribution in [1.82, 2.24) is 5.32 Å². The average Bonchev–Trinajstić information content (AvgIpc) is 2.93. The number of carbonyl (C=O) groups excluding carboxylic acids is 2. The molecule has 2 fully saturated rings. The zero-order valence-electron chi connectivity index (χ0n) is 12.6. The maximum atomic E-state index is 12.4. The van der Waals surface area contributed by atoms with Gasteiger partial charge in [-0.25, -0.2) is 0 Å². The van der Waals surface area contributed by atoms with Crippen molar-refractivity contribution in [2.45, 2.75) is 39.2 Å². The predicted octanol–water partition coefficient (Wildman–Crippen LogP) is 2.65. The highest BCUT2D eigenvalue weighted by molar-refractivity contribution is 6.18. The Morgan fingerprint density at radius 1 is 1.14 bits per heavy atom. The zero-order chi connectivity index (χ0) is 15.0. The van der Waals surface area contributed by atoms with Crippen molar-refractivity contribution in [3.8, 4) is 0 Å². The van der Waals surface area contributed by atoms with Crippen molar-refractivity contribution in [2.24, 2.45) is 11.8 Å². The molecule has 0 spiro atoms. The van der Waals surface area contributed by atoms with Gasteiger partial charge < -0.3 is 5.32 Å². The number of hydrogen-bond acceptors (Lipinski definition) is 3. The van der Waals surface area contributed by atoms with E-state index in [0.29, 0.717) is 5.69 Å². The van der Waals surface area contributed by atoms with Gasteiger partial charge in [0.25, 0.3) is 0 Å². The minimum atomic E-state index is -0.0127. The fraction of sp³-hybridized carbons (Fsp3) is 0.529. The van der Waals surface area contributed by atoms with Gasteiger partial charge in [-0.15, -0.1) is 0 Å². The Bertz CT molecular complexity index is 530. The van der Waals surface area contributed by atoms with Crippen LogP contribution in [0.15, 0.2) is 24.3 Å². The van der Waals surface area contributed by atoms with Crippen molar-refractivity contribution in [3.05, 3.63) is 29.8 Å². The van der Waals surface area contributed by atoms with E-state index in [4.69, 9.17) is 0 Å². The molecular weight excluding hydrogens is 264 g/mol. The maximum Gasteiger partial charge on any atom is 0.236 e. The minimum absolute atomic E-state index is 0.0127. The second-order valence-electron chi connectivity index (χ2n) is 6.09. The number of nitrogens with zero attached hydrogens (tertiary/aromatic N) is 1. The topological polar surface area (TPSA) is 49.4 Å². The van der Waals surface area contributed by atoms with Crippen LogP contribution in [0.5, 0.6) is 0 Å². The summed E-state index contributed by atoms with van der Waals surface area (Å²) in [6.07, 6.45) is 2.48. The highest BCUT2D eigenvalue weighted by Crippen LogP contribution is 2.40. The van der Waals surface area contributed by atoms with Crippen LogP contribution in [-0.2, 0) is 9.59 Å². The number of piperidine rings is 1. The summed E-state index contributed by atoms with van der Waals surface area (Å²) in [6.45, 7) is 5.09. The molecule has 2 amide bonds. The van der Waals surface area contributed by atoms with E-state index in [1.54, 1.807) is 0 Å². The summed E-state index contributed by atoms with van der Waals surface area (Å²) in [6, 6.07) is 8.06. The second-order valence-corrected chi connectivity index (χ2v) is 6.09. The van der Waals surface area contributed by atoms with E-state index in [-0.39, 0.29) is 29.7 Å². The summed E-state index contributed by atoms with van der Waals surface area (Å²) < 4.78 is 0. The predicted molar refractivity (Wildman–Crippen MR) is 81.9 cm³/mol. The normalized spacial score (nSPS) is 26.3. The van der Waals surface area contributed by atoms with Crippen molar-refractivity contribution >= 4 is 17.5 Å². The lowest BCUT2D eigenvalue weighted by molar-refractivity contribution is -0.132. The average molecular weight is 286 g/mol. The van der Waals surface area contributed by atoms with E-state index in [1.165, 1.54) is 10.5 Å². The number of imide groups is 1. The Morgan fingerprint density at radius 2 is 1.71 bits per heavy atom. The second kappa shape index (κ2) is 5.60. The van der Waals surface area contributed by atoms with Crippen molar-refractivity contribution in [3.63, 3.8) is 0 Å². The molecule has 4 nitrogen and oxygen atoms in total. The lowest BCUT2D eigenvalue weighted by atomic mass is 9.96. The fourth-order valence-corrected chi connectivity index (χ4v) is 3.49. The molecule has 1 saturated heterocycles. The van der Waals surface area contributed by atoms with Crippen LogP contribution in [0.25, 0.3) is 0 Å². The first-order chi connectivity index (χ1) is 10.1. The Kier molecular flexibility index (Phi) is 3.81. The van der Waals surface area contributed by atoms with Gasteiger partial charge in [0, 0.05) is 17.9 Å². The van der Waals surface area contributed by atoms with Crippen molar-refractivity contribution < 1.29 is 9.59 Å². The number of anilines is 1. The molecule has 1 aromatic rings. The molecule has 2 bridgehead atoms. The third-order valence-corrected chi connectivity index (χ3v) is 4.73. The molecule has 3 atom stereocenters. The molecule has 2 aliphatic rings. The van der Waals surface area contributed by atoms with E-state index < -0.39 is 0 Å². The van der Waals surface area contributed by atoms with Gasteiger partial charge in [-0.1, -0.05) is 19.1 Å². The number of nitrogens with one attached hydrogen (secondary N) is 1. The van der Waals surface area contributed by atoms with Crippen LogP contribution in [0.2, 0.25) is 0 Å². The van der Waals surface area contributed by atoms with Crippen LogP contribution in [0, 0.1) is 11.8 Å². The molecule has 1 N–H and O–H groups in total. The molecule has 0 aromatic heterocycles.